The van der Waals surface area contributed by atoms with Crippen molar-refractivity contribution in [3.05, 3.63) is 176 Å². The van der Waals surface area contributed by atoms with E-state index in [0.717, 1.165) is 49.8 Å². The van der Waals surface area contributed by atoms with E-state index in [1.807, 2.05) is 78.1 Å². The van der Waals surface area contributed by atoms with Gasteiger partial charge in [-0.2, -0.15) is 0 Å². The second-order valence-electron chi connectivity index (χ2n) is 14.3. The van der Waals surface area contributed by atoms with Gasteiger partial charge in [-0.15, -0.1) is 22.7 Å². The molecule has 0 saturated carbocycles. The van der Waals surface area contributed by atoms with Crippen molar-refractivity contribution in [1.82, 2.24) is 15.0 Å². The van der Waals surface area contributed by atoms with Gasteiger partial charge in [0.25, 0.3) is 0 Å². The lowest BCUT2D eigenvalue weighted by molar-refractivity contribution is 0.670. The minimum atomic E-state index is 0.658. The van der Waals surface area contributed by atoms with Crippen molar-refractivity contribution in [1.29, 1.82) is 0 Å². The number of furan rings is 1. The van der Waals surface area contributed by atoms with Crippen LogP contribution in [0.5, 0.6) is 0 Å². The molecule has 0 fully saturated rings. The highest BCUT2D eigenvalue weighted by Crippen LogP contribution is 2.46. The van der Waals surface area contributed by atoms with E-state index in [9.17, 15) is 0 Å². The van der Waals surface area contributed by atoms with Crippen molar-refractivity contribution >= 4 is 85.0 Å². The molecule has 12 aromatic rings. The number of nitrogens with zero attached hydrogens (tertiary/aromatic N) is 3. The number of rotatable bonds is 5. The van der Waals surface area contributed by atoms with E-state index in [0.29, 0.717) is 17.5 Å². The average Bonchev–Trinajstić information content (AvgIpc) is 3.97. The maximum absolute atomic E-state index is 6.54. The molecule has 4 heterocycles. The molecule has 12 rings (SSSR count). The van der Waals surface area contributed by atoms with Crippen LogP contribution in [0.15, 0.2) is 180 Å². The Balaban J connectivity index is 1.02. The van der Waals surface area contributed by atoms with E-state index in [4.69, 9.17) is 19.4 Å². The summed E-state index contributed by atoms with van der Waals surface area (Å²) in [5, 5.41) is 7.30. The first kappa shape index (κ1) is 32.3. The summed E-state index contributed by atoms with van der Waals surface area (Å²) < 4.78 is 11.5. The third-order valence-electron chi connectivity index (χ3n) is 10.9. The zero-order valence-electron chi connectivity index (χ0n) is 30.3. The van der Waals surface area contributed by atoms with E-state index >= 15 is 0 Å². The molecule has 0 aliphatic rings. The lowest BCUT2D eigenvalue weighted by Crippen LogP contribution is -1.99. The summed E-state index contributed by atoms with van der Waals surface area (Å²) in [7, 11) is 0. The number of thiophene rings is 2. The quantitative estimate of drug-likeness (QED) is 0.175. The van der Waals surface area contributed by atoms with Crippen LogP contribution >= 0.6 is 22.7 Å². The fraction of sp³-hybridized carbons (Fsp3) is 0. The molecule has 0 aliphatic carbocycles. The molecule has 8 aromatic carbocycles. The minimum Gasteiger partial charge on any atom is -0.455 e. The van der Waals surface area contributed by atoms with Crippen LogP contribution in [-0.2, 0) is 0 Å². The van der Waals surface area contributed by atoms with E-state index in [-0.39, 0.29) is 0 Å². The lowest BCUT2D eigenvalue weighted by atomic mass is 9.93. The second kappa shape index (κ2) is 12.8. The molecule has 4 nitrogen and oxygen atoms in total. The second-order valence-corrected chi connectivity index (χ2v) is 16.5. The first-order chi connectivity index (χ1) is 28.2. The summed E-state index contributed by atoms with van der Waals surface area (Å²) in [5.41, 5.74) is 9.37. The van der Waals surface area contributed by atoms with Gasteiger partial charge in [0.1, 0.15) is 11.2 Å². The molecule has 0 radical (unpaired) electrons. The monoisotopic (exact) mass is 763 g/mol. The Kier molecular flexibility index (Phi) is 7.24. The predicted octanol–water partition coefficient (Wildman–Crippen LogP) is 14.8. The molecule has 0 aliphatic heterocycles. The number of aromatic nitrogens is 3. The maximum atomic E-state index is 6.54. The van der Waals surface area contributed by atoms with Crippen LogP contribution in [0.1, 0.15) is 0 Å². The molecule has 0 saturated heterocycles. The molecular weight excluding hydrogens is 735 g/mol. The normalized spacial score (nSPS) is 11.9. The molecule has 0 N–H and O–H groups in total. The Bertz CT molecular complexity index is 3470. The molecule has 0 spiro atoms. The molecule has 0 unspecified atom stereocenters. The van der Waals surface area contributed by atoms with Crippen LogP contribution in [-0.4, -0.2) is 15.0 Å². The number of para-hydroxylation sites is 2. The van der Waals surface area contributed by atoms with Gasteiger partial charge >= 0.3 is 0 Å². The Morgan fingerprint density at radius 2 is 0.947 bits per heavy atom. The van der Waals surface area contributed by atoms with Gasteiger partial charge in [0.05, 0.1) is 0 Å². The van der Waals surface area contributed by atoms with E-state index in [1.54, 1.807) is 11.3 Å². The summed E-state index contributed by atoms with van der Waals surface area (Å²) in [6, 6.07) is 62.1. The van der Waals surface area contributed by atoms with Crippen molar-refractivity contribution in [3.63, 3.8) is 0 Å². The number of hydrogen-bond donors (Lipinski definition) is 0. The fourth-order valence-corrected chi connectivity index (χ4v) is 10.5. The molecular formula is C51H29N3OS2. The molecule has 0 atom stereocenters. The van der Waals surface area contributed by atoms with Gasteiger partial charge < -0.3 is 4.42 Å². The topological polar surface area (TPSA) is 51.8 Å². The Hall–Kier alpha value is -6.99. The maximum Gasteiger partial charge on any atom is 0.164 e. The smallest absolute Gasteiger partial charge is 0.164 e. The number of benzene rings is 8. The van der Waals surface area contributed by atoms with E-state index in [1.165, 1.54) is 51.5 Å². The highest BCUT2D eigenvalue weighted by Gasteiger charge is 2.19. The first-order valence-corrected chi connectivity index (χ1v) is 20.6. The van der Waals surface area contributed by atoms with Crippen LogP contribution in [0.3, 0.4) is 0 Å². The Labute approximate surface area is 335 Å². The largest absolute Gasteiger partial charge is 0.455 e. The van der Waals surface area contributed by atoms with Crippen LogP contribution in [0.4, 0.5) is 0 Å². The minimum absolute atomic E-state index is 0.658. The zero-order valence-corrected chi connectivity index (χ0v) is 31.9. The van der Waals surface area contributed by atoms with Gasteiger partial charge in [-0.05, 0) is 59.2 Å². The molecule has 57 heavy (non-hydrogen) atoms. The third-order valence-corrected chi connectivity index (χ3v) is 13.2. The van der Waals surface area contributed by atoms with Crippen LogP contribution in [0.2, 0.25) is 0 Å². The van der Waals surface area contributed by atoms with Gasteiger partial charge in [0, 0.05) is 73.4 Å². The molecule has 0 amide bonds. The summed E-state index contributed by atoms with van der Waals surface area (Å²) in [4.78, 5) is 14.9. The van der Waals surface area contributed by atoms with Crippen molar-refractivity contribution in [2.45, 2.75) is 0 Å². The summed E-state index contributed by atoms with van der Waals surface area (Å²) in [5.74, 6) is 1.98. The van der Waals surface area contributed by atoms with Gasteiger partial charge in [0.2, 0.25) is 0 Å². The first-order valence-electron chi connectivity index (χ1n) is 18.9. The zero-order chi connectivity index (χ0) is 37.5. The van der Waals surface area contributed by atoms with Crippen molar-refractivity contribution in [3.8, 4) is 56.4 Å². The average molecular weight is 764 g/mol. The molecule has 266 valence electrons. The highest BCUT2D eigenvalue weighted by molar-refractivity contribution is 7.26. The van der Waals surface area contributed by atoms with Crippen LogP contribution < -0.4 is 0 Å². The van der Waals surface area contributed by atoms with Gasteiger partial charge in [-0.25, -0.2) is 15.0 Å². The molecule has 6 heteroatoms. The number of hydrogen-bond acceptors (Lipinski definition) is 6. The van der Waals surface area contributed by atoms with Gasteiger partial charge in [-0.1, -0.05) is 133 Å². The highest BCUT2D eigenvalue weighted by atomic mass is 32.1. The van der Waals surface area contributed by atoms with Crippen molar-refractivity contribution < 1.29 is 4.42 Å². The predicted molar refractivity (Wildman–Crippen MR) is 240 cm³/mol. The van der Waals surface area contributed by atoms with E-state index < -0.39 is 0 Å². The number of fused-ring (bicyclic) bond motifs is 9. The van der Waals surface area contributed by atoms with Gasteiger partial charge in [-0.3, -0.25) is 0 Å². The van der Waals surface area contributed by atoms with Crippen LogP contribution in [0, 0.1) is 0 Å². The Morgan fingerprint density at radius 1 is 0.333 bits per heavy atom. The lowest BCUT2D eigenvalue weighted by Gasteiger charge is -2.11. The summed E-state index contributed by atoms with van der Waals surface area (Å²) in [6.07, 6.45) is 0. The van der Waals surface area contributed by atoms with Crippen molar-refractivity contribution in [2.75, 3.05) is 0 Å². The van der Waals surface area contributed by atoms with E-state index in [2.05, 4.69) is 109 Å². The molecule has 4 aromatic heterocycles. The standard InChI is InChI=1S/C51H29N3OS2/c1-3-12-30(13-4-1)49-52-50(31-14-5-2-6-15-31)54-51(53-49)33-22-24-37-41-26-32(23-25-44(41)56-45(37)28-33)40-27-34(29-46-47(40)39-17-8-10-21-43(39)57-46)35-18-11-19-38-36-16-7-9-20-42(36)55-48(35)38/h1-29H. The SMILES string of the molecule is c1ccc(-c2nc(-c3ccccc3)nc(-c3ccc4c(c3)sc3ccc(-c5cc(-c6cccc7c6oc6ccccc67)cc6sc7ccccc7c56)cc34)n2)cc1. The van der Waals surface area contributed by atoms with Crippen molar-refractivity contribution in [2.24, 2.45) is 0 Å². The Morgan fingerprint density at radius 3 is 1.74 bits per heavy atom. The fourth-order valence-electron chi connectivity index (χ4n) is 8.23. The molecule has 0 bridgehead atoms. The third kappa shape index (κ3) is 5.30. The van der Waals surface area contributed by atoms with Crippen LogP contribution in [0.25, 0.3) is 119 Å². The summed E-state index contributed by atoms with van der Waals surface area (Å²) in [6.45, 7) is 0. The van der Waals surface area contributed by atoms with Gasteiger partial charge in [0.15, 0.2) is 17.5 Å². The summed E-state index contributed by atoms with van der Waals surface area (Å²) >= 11 is 3.66.